The van der Waals surface area contributed by atoms with Crippen LogP contribution in [0.5, 0.6) is 0 Å². The van der Waals surface area contributed by atoms with Crippen molar-refractivity contribution in [1.82, 2.24) is 5.32 Å². The molecule has 0 spiro atoms. The Labute approximate surface area is 91.5 Å². The molecule has 1 amide bonds. The van der Waals surface area contributed by atoms with E-state index in [9.17, 15) is 4.79 Å². The number of amides is 1. The number of hydrogen-bond acceptors (Lipinski definition) is 3. The van der Waals surface area contributed by atoms with Crippen molar-refractivity contribution >= 4 is 5.91 Å². The molecule has 0 bridgehead atoms. The average Bonchev–Trinajstić information content (AvgIpc) is 2.47. The van der Waals surface area contributed by atoms with E-state index in [2.05, 4.69) is 5.32 Å². The third-order valence-corrected chi connectivity index (χ3v) is 2.66. The summed E-state index contributed by atoms with van der Waals surface area (Å²) in [4.78, 5) is 11.6. The molecule has 1 atom stereocenters. The molecule has 1 rings (SSSR count). The number of nitrogens with one attached hydrogen (secondary N) is 1. The van der Waals surface area contributed by atoms with Crippen molar-refractivity contribution in [2.24, 2.45) is 5.73 Å². The molecular weight excluding hydrogens is 192 g/mol. The predicted molar refractivity (Wildman–Crippen MR) is 59.5 cm³/mol. The third kappa shape index (κ3) is 4.62. The molecule has 1 aliphatic heterocycles. The van der Waals surface area contributed by atoms with Gasteiger partial charge < -0.3 is 15.8 Å². The minimum Gasteiger partial charge on any atom is -0.379 e. The zero-order valence-electron chi connectivity index (χ0n) is 9.93. The summed E-state index contributed by atoms with van der Waals surface area (Å²) in [5, 5.41) is 3.01. The average molecular weight is 214 g/mol. The van der Waals surface area contributed by atoms with Gasteiger partial charge in [-0.1, -0.05) is 0 Å². The Balaban J connectivity index is 2.30. The first-order valence-corrected chi connectivity index (χ1v) is 5.48. The van der Waals surface area contributed by atoms with Crippen LogP contribution in [0.3, 0.4) is 0 Å². The van der Waals surface area contributed by atoms with E-state index in [1.807, 2.05) is 20.8 Å². The molecule has 1 saturated heterocycles. The minimum atomic E-state index is -0.273. The van der Waals surface area contributed by atoms with E-state index in [4.69, 9.17) is 10.5 Å². The van der Waals surface area contributed by atoms with Crippen LogP contribution in [0.15, 0.2) is 0 Å². The number of hydrogen-bond donors (Lipinski definition) is 2. The molecule has 3 N–H and O–H groups in total. The molecule has 4 heteroatoms. The van der Waals surface area contributed by atoms with Crippen molar-refractivity contribution in [3.8, 4) is 0 Å². The first-order valence-electron chi connectivity index (χ1n) is 5.48. The Morgan fingerprint density at radius 2 is 2.27 bits per heavy atom. The molecule has 0 saturated carbocycles. The second-order valence-electron chi connectivity index (χ2n) is 5.40. The normalized spacial score (nSPS) is 26.7. The van der Waals surface area contributed by atoms with Crippen molar-refractivity contribution in [1.29, 1.82) is 0 Å². The Morgan fingerprint density at radius 3 is 2.73 bits per heavy atom. The van der Waals surface area contributed by atoms with Crippen molar-refractivity contribution in [3.05, 3.63) is 0 Å². The van der Waals surface area contributed by atoms with Gasteiger partial charge in [-0.05, 0) is 33.6 Å². The monoisotopic (exact) mass is 214 g/mol. The fourth-order valence-corrected chi connectivity index (χ4v) is 1.60. The fraction of sp³-hybridized carbons (Fsp3) is 0.909. The maximum Gasteiger partial charge on any atom is 0.220 e. The lowest BCUT2D eigenvalue weighted by molar-refractivity contribution is -0.123. The molecule has 0 aromatic carbocycles. The minimum absolute atomic E-state index is 0.0709. The highest BCUT2D eigenvalue weighted by Gasteiger charge is 2.31. The van der Waals surface area contributed by atoms with Gasteiger partial charge in [0.05, 0.1) is 12.1 Å². The van der Waals surface area contributed by atoms with E-state index in [1.54, 1.807) is 0 Å². The quantitative estimate of drug-likeness (QED) is 0.727. The molecule has 0 aromatic heterocycles. The van der Waals surface area contributed by atoms with E-state index in [0.29, 0.717) is 19.4 Å². The van der Waals surface area contributed by atoms with Crippen LogP contribution in [-0.2, 0) is 9.53 Å². The summed E-state index contributed by atoms with van der Waals surface area (Å²) in [6.45, 7) is 7.23. The first kappa shape index (κ1) is 12.5. The summed E-state index contributed by atoms with van der Waals surface area (Å²) in [6.07, 6.45) is 2.08. The highest BCUT2D eigenvalue weighted by atomic mass is 16.5. The lowest BCUT2D eigenvalue weighted by atomic mass is 9.98. The Hall–Kier alpha value is -0.610. The molecule has 0 aromatic rings. The fourth-order valence-electron chi connectivity index (χ4n) is 1.60. The molecule has 1 aliphatic rings. The second kappa shape index (κ2) is 4.49. The van der Waals surface area contributed by atoms with Crippen LogP contribution in [0.25, 0.3) is 0 Å². The van der Waals surface area contributed by atoms with Crippen molar-refractivity contribution in [2.75, 3.05) is 13.2 Å². The van der Waals surface area contributed by atoms with E-state index in [-0.39, 0.29) is 17.0 Å². The van der Waals surface area contributed by atoms with Gasteiger partial charge in [0.1, 0.15) is 0 Å². The Bertz CT molecular complexity index is 227. The largest absolute Gasteiger partial charge is 0.379 e. The van der Waals surface area contributed by atoms with Crippen LogP contribution >= 0.6 is 0 Å². The number of ether oxygens (including phenoxy) is 1. The highest BCUT2D eigenvalue weighted by molar-refractivity contribution is 5.76. The summed E-state index contributed by atoms with van der Waals surface area (Å²) in [5.41, 5.74) is 5.38. The molecule has 15 heavy (non-hydrogen) atoms. The molecule has 0 aliphatic carbocycles. The van der Waals surface area contributed by atoms with Gasteiger partial charge in [-0.2, -0.15) is 0 Å². The molecular formula is C11H22N2O2. The summed E-state index contributed by atoms with van der Waals surface area (Å²) in [7, 11) is 0. The summed E-state index contributed by atoms with van der Waals surface area (Å²) >= 11 is 0. The van der Waals surface area contributed by atoms with E-state index in [1.165, 1.54) is 0 Å². The first-order chi connectivity index (χ1) is 6.81. The van der Waals surface area contributed by atoms with Crippen molar-refractivity contribution < 1.29 is 9.53 Å². The van der Waals surface area contributed by atoms with Gasteiger partial charge in [0.25, 0.3) is 0 Å². The summed E-state index contributed by atoms with van der Waals surface area (Å²) < 4.78 is 5.27. The maximum absolute atomic E-state index is 11.6. The smallest absolute Gasteiger partial charge is 0.220 e. The second-order valence-corrected chi connectivity index (χ2v) is 5.40. The molecule has 88 valence electrons. The van der Waals surface area contributed by atoms with E-state index in [0.717, 1.165) is 13.0 Å². The highest BCUT2D eigenvalue weighted by Crippen LogP contribution is 2.18. The lowest BCUT2D eigenvalue weighted by Crippen LogP contribution is -2.47. The number of carbonyl (C=O) groups is 1. The van der Waals surface area contributed by atoms with E-state index < -0.39 is 0 Å². The lowest BCUT2D eigenvalue weighted by Gasteiger charge is -2.25. The molecule has 4 nitrogen and oxygen atoms in total. The molecule has 1 heterocycles. The Morgan fingerprint density at radius 1 is 1.60 bits per heavy atom. The van der Waals surface area contributed by atoms with Gasteiger partial charge in [-0.3, -0.25) is 4.79 Å². The molecule has 0 radical (unpaired) electrons. The topological polar surface area (TPSA) is 64.4 Å². The third-order valence-electron chi connectivity index (χ3n) is 2.66. The van der Waals surface area contributed by atoms with Gasteiger partial charge in [0.2, 0.25) is 5.91 Å². The summed E-state index contributed by atoms with van der Waals surface area (Å²) in [6, 6.07) is 0. The molecule has 1 unspecified atom stereocenters. The number of rotatable bonds is 4. The van der Waals surface area contributed by atoms with Crippen molar-refractivity contribution in [3.63, 3.8) is 0 Å². The van der Waals surface area contributed by atoms with Gasteiger partial charge >= 0.3 is 0 Å². The van der Waals surface area contributed by atoms with Crippen LogP contribution in [0.1, 0.15) is 40.0 Å². The standard InChI is InChI=1S/C11H22N2O2/c1-10(2,12)5-4-9(14)13-11(3)6-7-15-8-11/h4-8,12H2,1-3H3,(H,13,14). The molecule has 1 fully saturated rings. The van der Waals surface area contributed by atoms with Gasteiger partial charge in [-0.25, -0.2) is 0 Å². The summed E-state index contributed by atoms with van der Waals surface area (Å²) in [5.74, 6) is 0.0709. The van der Waals surface area contributed by atoms with Crippen LogP contribution in [0.4, 0.5) is 0 Å². The van der Waals surface area contributed by atoms with E-state index >= 15 is 0 Å². The predicted octanol–water partition coefficient (Wildman–Crippen LogP) is 0.799. The van der Waals surface area contributed by atoms with Gasteiger partial charge in [0, 0.05) is 18.6 Å². The van der Waals surface area contributed by atoms with Gasteiger partial charge in [-0.15, -0.1) is 0 Å². The van der Waals surface area contributed by atoms with Crippen LogP contribution < -0.4 is 11.1 Å². The number of carbonyl (C=O) groups excluding carboxylic acids is 1. The van der Waals surface area contributed by atoms with Gasteiger partial charge in [0.15, 0.2) is 0 Å². The van der Waals surface area contributed by atoms with Crippen LogP contribution in [-0.4, -0.2) is 30.2 Å². The van der Waals surface area contributed by atoms with Crippen molar-refractivity contribution in [2.45, 2.75) is 51.1 Å². The SMILES string of the molecule is CC(C)(N)CCC(=O)NC1(C)CCOC1. The van der Waals surface area contributed by atoms with Crippen LogP contribution in [0.2, 0.25) is 0 Å². The zero-order valence-corrected chi connectivity index (χ0v) is 9.93. The zero-order chi connectivity index (χ0) is 11.5. The number of nitrogens with two attached hydrogens (primary N) is 1. The van der Waals surface area contributed by atoms with Crippen LogP contribution in [0, 0.1) is 0 Å². The maximum atomic E-state index is 11.6. The Kier molecular flexibility index (Phi) is 3.73.